The van der Waals surface area contributed by atoms with Gasteiger partial charge in [0.1, 0.15) is 0 Å². The Kier molecular flexibility index (Phi) is 3.77. The van der Waals surface area contributed by atoms with Gasteiger partial charge in [-0.25, -0.2) is 8.78 Å². The lowest BCUT2D eigenvalue weighted by atomic mass is 9.84. The zero-order valence-electron chi connectivity index (χ0n) is 13.5. The summed E-state index contributed by atoms with van der Waals surface area (Å²) in [4.78, 5) is 21.9. The summed E-state index contributed by atoms with van der Waals surface area (Å²) < 4.78 is 26.4. The Morgan fingerprint density at radius 1 is 1.29 bits per heavy atom. The Bertz CT molecular complexity index is 742. The van der Waals surface area contributed by atoms with E-state index in [4.69, 9.17) is 0 Å². The van der Waals surface area contributed by atoms with Crippen molar-refractivity contribution in [2.24, 2.45) is 11.8 Å². The highest BCUT2D eigenvalue weighted by Gasteiger charge is 2.41. The first-order valence-electron chi connectivity index (χ1n) is 8.59. The maximum absolute atomic E-state index is 13.2. The van der Waals surface area contributed by atoms with Crippen LogP contribution in [0.4, 0.5) is 8.78 Å². The predicted octanol–water partition coefficient (Wildman–Crippen LogP) is 3.39. The average Bonchev–Trinajstić information content (AvgIpc) is 2.99. The molecule has 0 spiro atoms. The fourth-order valence-corrected chi connectivity index (χ4v) is 3.89. The molecular weight excluding hydrogens is 312 g/mol. The molecule has 6 heteroatoms. The molecule has 3 heterocycles. The van der Waals surface area contributed by atoms with Gasteiger partial charge in [0, 0.05) is 49.6 Å². The summed E-state index contributed by atoms with van der Waals surface area (Å²) in [5, 5.41) is 1.15. The molecule has 0 bridgehead atoms. The Hall–Kier alpha value is -1.98. The van der Waals surface area contributed by atoms with Gasteiger partial charge in [0.2, 0.25) is 11.8 Å². The zero-order valence-corrected chi connectivity index (χ0v) is 13.5. The first-order valence-corrected chi connectivity index (χ1v) is 8.59. The van der Waals surface area contributed by atoms with Gasteiger partial charge in [0.15, 0.2) is 0 Å². The number of halogens is 2. The first kappa shape index (κ1) is 15.5. The Morgan fingerprint density at radius 2 is 2.04 bits per heavy atom. The number of carbonyl (C=O) groups is 1. The maximum atomic E-state index is 13.2. The minimum absolute atomic E-state index is 0.0628. The summed E-state index contributed by atoms with van der Waals surface area (Å²) in [6.07, 6.45) is 4.89. The number of aromatic nitrogens is 2. The van der Waals surface area contributed by atoms with Crippen LogP contribution in [-0.4, -0.2) is 39.8 Å². The highest BCUT2D eigenvalue weighted by atomic mass is 19.3. The number of rotatable bonds is 3. The number of hydrogen-bond acceptors (Lipinski definition) is 2. The largest absolute Gasteiger partial charge is 0.360 e. The van der Waals surface area contributed by atoms with Crippen LogP contribution >= 0.6 is 0 Å². The molecule has 1 amide bonds. The van der Waals surface area contributed by atoms with E-state index in [1.807, 2.05) is 29.4 Å². The van der Waals surface area contributed by atoms with Gasteiger partial charge in [-0.15, -0.1) is 0 Å². The summed E-state index contributed by atoms with van der Waals surface area (Å²) in [7, 11) is 0. The third-order valence-corrected chi connectivity index (χ3v) is 5.37. The molecule has 4 rings (SSSR count). The molecular formula is C18H21F2N3O. The van der Waals surface area contributed by atoms with Crippen LogP contribution in [0.25, 0.3) is 10.9 Å². The lowest BCUT2D eigenvalue weighted by molar-refractivity contribution is -0.146. The summed E-state index contributed by atoms with van der Waals surface area (Å²) in [5.74, 6) is -2.32. The molecule has 1 aliphatic heterocycles. The second-order valence-electron chi connectivity index (χ2n) is 7.14. The number of nitrogens with zero attached hydrogens (tertiary/aromatic N) is 2. The number of hydrogen-bond donors (Lipinski definition) is 1. The van der Waals surface area contributed by atoms with Crippen molar-refractivity contribution in [3.8, 4) is 0 Å². The second-order valence-corrected chi connectivity index (χ2v) is 7.14. The van der Waals surface area contributed by atoms with Crippen LogP contribution in [0.5, 0.6) is 0 Å². The molecule has 128 valence electrons. The minimum Gasteiger partial charge on any atom is -0.360 e. The van der Waals surface area contributed by atoms with Crippen LogP contribution in [0.1, 0.15) is 31.4 Å². The second kappa shape index (κ2) is 5.83. The predicted molar refractivity (Wildman–Crippen MR) is 86.8 cm³/mol. The Balaban J connectivity index is 1.32. The Labute approximate surface area is 139 Å². The lowest BCUT2D eigenvalue weighted by Gasteiger charge is -2.42. The van der Waals surface area contributed by atoms with Crippen LogP contribution in [0, 0.1) is 11.8 Å². The molecule has 0 radical (unpaired) electrons. The number of aromatic amines is 1. The monoisotopic (exact) mass is 333 g/mol. The van der Waals surface area contributed by atoms with E-state index in [9.17, 15) is 13.6 Å². The number of H-pyrrole nitrogens is 1. The molecule has 0 unspecified atom stereocenters. The van der Waals surface area contributed by atoms with Crippen molar-refractivity contribution in [1.82, 2.24) is 14.9 Å². The minimum atomic E-state index is -2.57. The molecule has 1 aliphatic carbocycles. The molecule has 2 aromatic rings. The average molecular weight is 333 g/mol. The van der Waals surface area contributed by atoms with Crippen LogP contribution in [0.2, 0.25) is 0 Å². The smallest absolute Gasteiger partial charge is 0.248 e. The van der Waals surface area contributed by atoms with Gasteiger partial charge in [-0.05, 0) is 37.3 Å². The van der Waals surface area contributed by atoms with Crippen molar-refractivity contribution in [3.05, 3.63) is 30.2 Å². The molecule has 4 nitrogen and oxygen atoms in total. The molecule has 2 aromatic heterocycles. The van der Waals surface area contributed by atoms with Crippen molar-refractivity contribution < 1.29 is 13.6 Å². The van der Waals surface area contributed by atoms with E-state index >= 15 is 0 Å². The van der Waals surface area contributed by atoms with Crippen molar-refractivity contribution in [1.29, 1.82) is 0 Å². The van der Waals surface area contributed by atoms with Crippen LogP contribution in [0.3, 0.4) is 0 Å². The summed E-state index contributed by atoms with van der Waals surface area (Å²) in [6, 6.07) is 4.00. The number of likely N-dealkylation sites (tertiary alicyclic amines) is 1. The number of fused-ring (bicyclic) bond motifs is 1. The molecule has 1 saturated carbocycles. The normalized spacial score (nSPS) is 21.8. The van der Waals surface area contributed by atoms with Crippen LogP contribution < -0.4 is 0 Å². The van der Waals surface area contributed by atoms with Gasteiger partial charge in [-0.2, -0.15) is 0 Å². The number of pyridine rings is 1. The summed E-state index contributed by atoms with van der Waals surface area (Å²) >= 11 is 0. The SMILES string of the molecule is O=C(C1CCC(F)(F)CC1)N1CC(Cc2nccc3cc[nH]c23)C1. The standard InChI is InChI=1S/C18H21F2N3O/c19-18(20)5-1-14(2-6-18)17(24)23-10-12(11-23)9-15-16-13(3-7-21-15)4-8-22-16/h3-4,7-8,12,14,22H,1-2,5-6,9-11H2. The highest BCUT2D eigenvalue weighted by molar-refractivity contribution is 5.81. The fourth-order valence-electron chi connectivity index (χ4n) is 3.89. The maximum Gasteiger partial charge on any atom is 0.248 e. The van der Waals surface area contributed by atoms with Crippen molar-refractivity contribution >= 4 is 16.8 Å². The van der Waals surface area contributed by atoms with Gasteiger partial charge in [-0.1, -0.05) is 0 Å². The molecule has 2 aliphatic rings. The number of alkyl halides is 2. The van der Waals surface area contributed by atoms with Gasteiger partial charge in [0.05, 0.1) is 11.2 Å². The number of carbonyl (C=O) groups excluding carboxylic acids is 1. The molecule has 1 N–H and O–H groups in total. The van der Waals surface area contributed by atoms with E-state index in [0.29, 0.717) is 31.8 Å². The molecule has 2 fully saturated rings. The number of amides is 1. The topological polar surface area (TPSA) is 49.0 Å². The third-order valence-electron chi connectivity index (χ3n) is 5.37. The third kappa shape index (κ3) is 2.89. The molecule has 24 heavy (non-hydrogen) atoms. The zero-order chi connectivity index (χ0) is 16.7. The van der Waals surface area contributed by atoms with Gasteiger partial charge in [-0.3, -0.25) is 9.78 Å². The van der Waals surface area contributed by atoms with Gasteiger partial charge >= 0.3 is 0 Å². The van der Waals surface area contributed by atoms with E-state index in [2.05, 4.69) is 9.97 Å². The highest BCUT2D eigenvalue weighted by Crippen LogP contribution is 2.37. The quantitative estimate of drug-likeness (QED) is 0.936. The van der Waals surface area contributed by atoms with Gasteiger partial charge in [0.25, 0.3) is 0 Å². The number of nitrogens with one attached hydrogen (secondary N) is 1. The van der Waals surface area contributed by atoms with Crippen LogP contribution in [0.15, 0.2) is 24.5 Å². The fraction of sp³-hybridized carbons (Fsp3) is 0.556. The molecule has 0 atom stereocenters. The van der Waals surface area contributed by atoms with E-state index in [1.165, 1.54) is 0 Å². The van der Waals surface area contributed by atoms with E-state index < -0.39 is 5.92 Å². The Morgan fingerprint density at radius 3 is 2.79 bits per heavy atom. The molecule has 0 aromatic carbocycles. The van der Waals surface area contributed by atoms with E-state index in [1.54, 1.807) is 0 Å². The summed E-state index contributed by atoms with van der Waals surface area (Å²) in [5.41, 5.74) is 2.10. The summed E-state index contributed by atoms with van der Waals surface area (Å²) in [6.45, 7) is 1.43. The lowest BCUT2D eigenvalue weighted by Crippen LogP contribution is -2.53. The van der Waals surface area contributed by atoms with Crippen molar-refractivity contribution in [2.75, 3.05) is 13.1 Å². The van der Waals surface area contributed by atoms with Crippen molar-refractivity contribution in [2.45, 2.75) is 38.0 Å². The van der Waals surface area contributed by atoms with E-state index in [-0.39, 0.29) is 24.7 Å². The molecule has 1 saturated heterocycles. The van der Waals surface area contributed by atoms with Gasteiger partial charge < -0.3 is 9.88 Å². The van der Waals surface area contributed by atoms with E-state index in [0.717, 1.165) is 23.0 Å². The first-order chi connectivity index (χ1) is 11.5. The van der Waals surface area contributed by atoms with Crippen molar-refractivity contribution in [3.63, 3.8) is 0 Å². The van der Waals surface area contributed by atoms with Crippen LogP contribution in [-0.2, 0) is 11.2 Å².